The number of fused-ring (bicyclic) bond motifs is 2. The number of rotatable bonds is 7. The van der Waals surface area contributed by atoms with Gasteiger partial charge in [-0.2, -0.15) is 0 Å². The van der Waals surface area contributed by atoms with E-state index in [2.05, 4.69) is 10.3 Å². The molecule has 1 saturated carbocycles. The van der Waals surface area contributed by atoms with E-state index in [4.69, 9.17) is 14.2 Å². The van der Waals surface area contributed by atoms with Gasteiger partial charge >= 0.3 is 18.0 Å². The van der Waals surface area contributed by atoms with Gasteiger partial charge in [-0.05, 0) is 56.2 Å². The minimum absolute atomic E-state index is 0. The van der Waals surface area contributed by atoms with Gasteiger partial charge < -0.3 is 19.5 Å². The third-order valence-electron chi connectivity index (χ3n) is 7.18. The van der Waals surface area contributed by atoms with Crippen molar-refractivity contribution >= 4 is 18.0 Å². The van der Waals surface area contributed by atoms with Crippen LogP contribution >= 0.6 is 0 Å². The summed E-state index contributed by atoms with van der Waals surface area (Å²) in [6.45, 7) is 2.05. The predicted octanol–water partition coefficient (Wildman–Crippen LogP) is 4.60. The Morgan fingerprint density at radius 1 is 0.975 bits per heavy atom. The Hall–Kier alpha value is -4.47. The van der Waals surface area contributed by atoms with Crippen molar-refractivity contribution in [3.05, 3.63) is 93.7 Å². The molecule has 2 aliphatic heterocycles. The molecule has 1 amide bonds. The monoisotopic (exact) mass is 547 g/mol. The summed E-state index contributed by atoms with van der Waals surface area (Å²) in [6.07, 6.45) is 1.83. The molecule has 0 spiro atoms. The molecule has 0 unspecified atom stereocenters. The van der Waals surface area contributed by atoms with Gasteiger partial charge in [-0.15, -0.1) is 0 Å². The van der Waals surface area contributed by atoms with Gasteiger partial charge in [0.2, 0.25) is 5.75 Å². The molecule has 2 bridgehead atoms. The number of carbonyl (C=O) groups is 3. The van der Waals surface area contributed by atoms with E-state index >= 15 is 0 Å². The maximum absolute atomic E-state index is 13.8. The van der Waals surface area contributed by atoms with Crippen LogP contribution in [0.5, 0.6) is 5.75 Å². The normalized spacial score (nSPS) is 18.9. The van der Waals surface area contributed by atoms with Crippen molar-refractivity contribution in [2.75, 3.05) is 6.61 Å². The SMILES string of the molecule is C.CCOC(=O)c1nc2n(c(=O)c1OC(=O)c1ccccc1)CC1CCC2(NC(=O)OCc2ccccc2)CC1. The molecule has 1 aliphatic carbocycles. The van der Waals surface area contributed by atoms with Crippen molar-refractivity contribution < 1.29 is 28.6 Å². The third kappa shape index (κ3) is 5.75. The molecule has 1 fully saturated rings. The smallest absolute Gasteiger partial charge is 0.408 e. The van der Waals surface area contributed by atoms with Gasteiger partial charge in [0.15, 0.2) is 5.69 Å². The Balaban J connectivity index is 0.00000370. The number of benzene rings is 2. The molecule has 3 aliphatic rings. The van der Waals surface area contributed by atoms with E-state index in [1.54, 1.807) is 37.3 Å². The number of hydrogen-bond donors (Lipinski definition) is 1. The van der Waals surface area contributed by atoms with Gasteiger partial charge in [0.05, 0.1) is 12.2 Å². The number of esters is 2. The largest absolute Gasteiger partial charge is 0.461 e. The van der Waals surface area contributed by atoms with Crippen LogP contribution in [-0.4, -0.2) is 34.2 Å². The Morgan fingerprint density at radius 3 is 2.27 bits per heavy atom. The lowest BCUT2D eigenvalue weighted by Gasteiger charge is -2.36. The maximum Gasteiger partial charge on any atom is 0.408 e. The first-order valence-electron chi connectivity index (χ1n) is 13.0. The number of nitrogens with one attached hydrogen (secondary N) is 1. The summed E-state index contributed by atoms with van der Waals surface area (Å²) in [7, 11) is 0. The number of nitrogens with zero attached hydrogens (tertiary/aromatic N) is 2. The zero-order valence-electron chi connectivity index (χ0n) is 21.6. The molecular formula is C30H33N3O7. The molecule has 210 valence electrons. The van der Waals surface area contributed by atoms with Crippen molar-refractivity contribution in [3.63, 3.8) is 0 Å². The van der Waals surface area contributed by atoms with Gasteiger partial charge in [-0.3, -0.25) is 9.36 Å². The Morgan fingerprint density at radius 2 is 1.62 bits per heavy atom. The minimum atomic E-state index is -1.04. The first kappa shape index (κ1) is 28.5. The number of aromatic nitrogens is 2. The standard InChI is InChI=1S/C29H29N3O7.CH4/c1-2-37-26(35)22-23(39-25(34)21-11-7-4-8-12-21)24(33)32-17-19-13-15-29(16-14-19,27(32)30-22)31-28(36)38-18-20-9-5-3-6-10-20;/h3-12,19H,2,13-18H2,1H3,(H,31,36);1H4. The molecule has 1 aromatic heterocycles. The van der Waals surface area contributed by atoms with Crippen LogP contribution in [0.15, 0.2) is 65.5 Å². The topological polar surface area (TPSA) is 126 Å². The molecule has 0 radical (unpaired) electrons. The van der Waals surface area contributed by atoms with Crippen LogP contribution in [0.3, 0.4) is 0 Å². The van der Waals surface area contributed by atoms with E-state index in [1.807, 2.05) is 30.3 Å². The molecule has 3 aromatic rings. The fourth-order valence-electron chi connectivity index (χ4n) is 5.20. The highest BCUT2D eigenvalue weighted by Gasteiger charge is 2.46. The maximum atomic E-state index is 13.8. The van der Waals surface area contributed by atoms with Crippen LogP contribution in [0.4, 0.5) is 4.79 Å². The highest BCUT2D eigenvalue weighted by molar-refractivity contribution is 5.94. The van der Waals surface area contributed by atoms with E-state index < -0.39 is 40.6 Å². The summed E-state index contributed by atoms with van der Waals surface area (Å²) in [4.78, 5) is 57.1. The van der Waals surface area contributed by atoms with E-state index in [9.17, 15) is 19.2 Å². The Labute approximate surface area is 232 Å². The zero-order chi connectivity index (χ0) is 27.4. The van der Waals surface area contributed by atoms with Crippen LogP contribution in [0.25, 0.3) is 0 Å². The highest BCUT2D eigenvalue weighted by atomic mass is 16.6. The van der Waals surface area contributed by atoms with Gasteiger partial charge in [0, 0.05) is 6.54 Å². The van der Waals surface area contributed by atoms with Crippen LogP contribution in [0.2, 0.25) is 0 Å². The fraction of sp³-hybridized carbons (Fsp3) is 0.367. The molecule has 6 rings (SSSR count). The summed E-state index contributed by atoms with van der Waals surface area (Å²) in [5.74, 6) is -1.79. The van der Waals surface area contributed by atoms with E-state index in [-0.39, 0.29) is 37.9 Å². The van der Waals surface area contributed by atoms with Gasteiger partial charge in [-0.1, -0.05) is 56.0 Å². The summed E-state index contributed by atoms with van der Waals surface area (Å²) in [6, 6.07) is 17.4. The molecular weight excluding hydrogens is 514 g/mol. The second kappa shape index (κ2) is 12.1. The number of carbonyl (C=O) groups excluding carboxylic acids is 3. The molecule has 3 heterocycles. The van der Waals surface area contributed by atoms with Crippen LogP contribution in [-0.2, 0) is 28.2 Å². The van der Waals surface area contributed by atoms with E-state index in [0.717, 1.165) is 18.4 Å². The second-order valence-electron chi connectivity index (χ2n) is 9.72. The molecule has 10 heteroatoms. The van der Waals surface area contributed by atoms with E-state index in [1.165, 1.54) is 4.57 Å². The van der Waals surface area contributed by atoms with Crippen molar-refractivity contribution in [1.29, 1.82) is 0 Å². The second-order valence-corrected chi connectivity index (χ2v) is 9.72. The lowest BCUT2D eigenvalue weighted by atomic mass is 9.77. The van der Waals surface area contributed by atoms with Gasteiger partial charge in [0.25, 0.3) is 5.56 Å². The minimum Gasteiger partial charge on any atom is -0.461 e. The number of amides is 1. The summed E-state index contributed by atoms with van der Waals surface area (Å²) in [5, 5.41) is 2.95. The van der Waals surface area contributed by atoms with Crippen LogP contribution < -0.4 is 15.6 Å². The van der Waals surface area contributed by atoms with Gasteiger partial charge in [0.1, 0.15) is 18.0 Å². The summed E-state index contributed by atoms with van der Waals surface area (Å²) in [5.41, 5.74) is -1.07. The average Bonchev–Trinajstić information content (AvgIpc) is 3.20. The first-order valence-corrected chi connectivity index (χ1v) is 13.0. The summed E-state index contributed by atoms with van der Waals surface area (Å²) >= 11 is 0. The van der Waals surface area contributed by atoms with E-state index in [0.29, 0.717) is 19.4 Å². The van der Waals surface area contributed by atoms with Crippen molar-refractivity contribution in [3.8, 4) is 5.75 Å². The molecule has 2 aromatic carbocycles. The van der Waals surface area contributed by atoms with Gasteiger partial charge in [-0.25, -0.2) is 19.4 Å². The fourth-order valence-corrected chi connectivity index (χ4v) is 5.20. The average molecular weight is 548 g/mol. The molecule has 0 saturated heterocycles. The lowest BCUT2D eigenvalue weighted by Crippen LogP contribution is -2.50. The number of ether oxygens (including phenoxy) is 3. The molecule has 10 nitrogen and oxygen atoms in total. The lowest BCUT2D eigenvalue weighted by molar-refractivity contribution is 0.0510. The van der Waals surface area contributed by atoms with Crippen molar-refractivity contribution in [1.82, 2.24) is 14.9 Å². The zero-order valence-corrected chi connectivity index (χ0v) is 21.6. The third-order valence-corrected chi connectivity index (χ3v) is 7.18. The molecule has 40 heavy (non-hydrogen) atoms. The first-order chi connectivity index (χ1) is 18.9. The molecule has 0 atom stereocenters. The Kier molecular flexibility index (Phi) is 8.67. The number of alkyl carbamates (subject to hydrolysis) is 1. The number of hydrogen-bond acceptors (Lipinski definition) is 8. The van der Waals surface area contributed by atoms with Crippen molar-refractivity contribution in [2.45, 2.75) is 58.7 Å². The predicted molar refractivity (Wildman–Crippen MR) is 146 cm³/mol. The quantitative estimate of drug-likeness (QED) is 0.426. The Bertz CT molecular complexity index is 1430. The van der Waals surface area contributed by atoms with Crippen LogP contribution in [0, 0.1) is 5.92 Å². The highest BCUT2D eigenvalue weighted by Crippen LogP contribution is 2.43. The molecule has 1 N–H and O–H groups in total. The van der Waals surface area contributed by atoms with Crippen molar-refractivity contribution in [2.24, 2.45) is 5.92 Å². The van der Waals surface area contributed by atoms with Crippen LogP contribution in [0.1, 0.15) is 72.3 Å². The summed E-state index contributed by atoms with van der Waals surface area (Å²) < 4.78 is 17.5.